The van der Waals surface area contributed by atoms with Gasteiger partial charge in [0, 0.05) is 31.4 Å². The van der Waals surface area contributed by atoms with E-state index in [9.17, 15) is 0 Å². The Kier molecular flexibility index (Phi) is 4.19. The Hall–Kier alpha value is -0.470. The topological polar surface area (TPSA) is 19.0 Å². The van der Waals surface area contributed by atoms with Gasteiger partial charge in [0.15, 0.2) is 0 Å². The number of likely N-dealkylation sites (N-methyl/N-ethyl adjacent to an activating group) is 1. The lowest BCUT2D eigenvalue weighted by molar-refractivity contribution is 0.359. The molecule has 1 N–H and O–H groups in total. The van der Waals surface area contributed by atoms with Gasteiger partial charge in [-0.05, 0) is 25.1 Å². The van der Waals surface area contributed by atoms with Gasteiger partial charge >= 0.3 is 0 Å². The van der Waals surface area contributed by atoms with E-state index in [0.717, 1.165) is 19.5 Å². The number of rotatable bonds is 5. The van der Waals surface area contributed by atoms with E-state index in [0.29, 0.717) is 5.88 Å². The van der Waals surface area contributed by atoms with Crippen LogP contribution in [-0.2, 0) is 6.42 Å². The highest BCUT2D eigenvalue weighted by Crippen LogP contribution is 1.98. The van der Waals surface area contributed by atoms with Crippen LogP contribution in [0.4, 0.5) is 0 Å². The van der Waals surface area contributed by atoms with Gasteiger partial charge in [-0.2, -0.15) is 0 Å². The molecule has 0 bridgehead atoms. The zero-order valence-corrected chi connectivity index (χ0v) is 8.14. The summed E-state index contributed by atoms with van der Waals surface area (Å²) in [6.07, 6.45) is 5.09. The lowest BCUT2D eigenvalue weighted by Gasteiger charge is -2.13. The molecule has 0 unspecified atom stereocenters. The lowest BCUT2D eigenvalue weighted by Crippen LogP contribution is -2.23. The van der Waals surface area contributed by atoms with Crippen molar-refractivity contribution in [2.75, 3.05) is 26.0 Å². The third-order valence-corrected chi connectivity index (χ3v) is 2.08. The van der Waals surface area contributed by atoms with Crippen LogP contribution in [0.25, 0.3) is 0 Å². The Morgan fingerprint density at radius 2 is 2.33 bits per heavy atom. The number of nitrogens with one attached hydrogen (secondary N) is 1. The van der Waals surface area contributed by atoms with E-state index in [2.05, 4.69) is 23.0 Å². The maximum Gasteiger partial charge on any atom is 0.0351 e. The van der Waals surface area contributed by atoms with E-state index in [-0.39, 0.29) is 0 Å². The Morgan fingerprint density at radius 3 is 2.92 bits per heavy atom. The second-order valence-electron chi connectivity index (χ2n) is 2.96. The van der Waals surface area contributed by atoms with Crippen molar-refractivity contribution in [3.8, 4) is 0 Å². The van der Waals surface area contributed by atoms with Crippen LogP contribution in [0.1, 0.15) is 5.56 Å². The third-order valence-electron chi connectivity index (χ3n) is 1.91. The minimum absolute atomic E-state index is 0.712. The first-order valence-corrected chi connectivity index (χ1v) is 4.72. The normalized spacial score (nSPS) is 10.9. The predicted molar refractivity (Wildman–Crippen MR) is 52.7 cm³/mol. The summed E-state index contributed by atoms with van der Waals surface area (Å²) in [6, 6.07) is 2.11. The van der Waals surface area contributed by atoms with Crippen molar-refractivity contribution in [1.29, 1.82) is 0 Å². The number of alkyl halides is 1. The third kappa shape index (κ3) is 3.28. The molecule has 1 rings (SSSR count). The zero-order valence-electron chi connectivity index (χ0n) is 7.39. The molecular weight excluding hydrogens is 172 g/mol. The number of hydrogen-bond donors (Lipinski definition) is 1. The maximum absolute atomic E-state index is 5.61. The fourth-order valence-electron chi connectivity index (χ4n) is 1.09. The molecule has 12 heavy (non-hydrogen) atoms. The van der Waals surface area contributed by atoms with Crippen LogP contribution >= 0.6 is 11.6 Å². The fraction of sp³-hybridized carbons (Fsp3) is 0.556. The molecule has 0 radical (unpaired) electrons. The average Bonchev–Trinajstić information content (AvgIpc) is 2.53. The number of H-pyrrole nitrogens is 1. The van der Waals surface area contributed by atoms with Crippen molar-refractivity contribution >= 4 is 11.6 Å². The van der Waals surface area contributed by atoms with Crippen molar-refractivity contribution < 1.29 is 0 Å². The van der Waals surface area contributed by atoms with Crippen LogP contribution in [-0.4, -0.2) is 35.9 Å². The SMILES string of the molecule is CN(CCCl)CCc1cc[nH]c1. The minimum Gasteiger partial charge on any atom is -0.367 e. The predicted octanol–water partition coefficient (Wildman–Crippen LogP) is 1.73. The highest BCUT2D eigenvalue weighted by molar-refractivity contribution is 6.18. The Balaban J connectivity index is 2.17. The average molecular weight is 187 g/mol. The molecule has 68 valence electrons. The van der Waals surface area contributed by atoms with Gasteiger partial charge in [0.1, 0.15) is 0 Å². The van der Waals surface area contributed by atoms with Gasteiger partial charge in [0.05, 0.1) is 0 Å². The highest BCUT2D eigenvalue weighted by atomic mass is 35.5. The number of halogens is 1. The summed E-state index contributed by atoms with van der Waals surface area (Å²) in [7, 11) is 2.09. The van der Waals surface area contributed by atoms with Gasteiger partial charge in [-0.3, -0.25) is 0 Å². The first-order valence-electron chi connectivity index (χ1n) is 4.19. The van der Waals surface area contributed by atoms with E-state index in [1.807, 2.05) is 12.4 Å². The number of nitrogens with zero attached hydrogens (tertiary/aromatic N) is 1. The molecule has 1 aromatic rings. The molecule has 1 aromatic heterocycles. The Bertz CT molecular complexity index is 196. The standard InChI is InChI=1S/C9H15ClN2/c1-12(7-4-10)6-3-9-2-5-11-8-9/h2,5,8,11H,3-4,6-7H2,1H3. The molecule has 1 heterocycles. The van der Waals surface area contributed by atoms with Crippen LogP contribution in [0, 0.1) is 0 Å². The molecule has 0 aliphatic carbocycles. The molecule has 0 saturated heterocycles. The van der Waals surface area contributed by atoms with Crippen molar-refractivity contribution in [1.82, 2.24) is 9.88 Å². The van der Waals surface area contributed by atoms with Crippen molar-refractivity contribution in [3.63, 3.8) is 0 Å². The summed E-state index contributed by atoms with van der Waals surface area (Å²) in [6.45, 7) is 2.04. The van der Waals surface area contributed by atoms with Gasteiger partial charge in [-0.1, -0.05) is 0 Å². The van der Waals surface area contributed by atoms with E-state index in [1.54, 1.807) is 0 Å². The second kappa shape index (κ2) is 5.22. The van der Waals surface area contributed by atoms with Crippen LogP contribution < -0.4 is 0 Å². The van der Waals surface area contributed by atoms with Crippen molar-refractivity contribution in [2.24, 2.45) is 0 Å². The van der Waals surface area contributed by atoms with Crippen LogP contribution in [0.2, 0.25) is 0 Å². The van der Waals surface area contributed by atoms with E-state index < -0.39 is 0 Å². The zero-order chi connectivity index (χ0) is 8.81. The minimum atomic E-state index is 0.712. The second-order valence-corrected chi connectivity index (χ2v) is 3.34. The van der Waals surface area contributed by atoms with Crippen molar-refractivity contribution in [3.05, 3.63) is 24.0 Å². The van der Waals surface area contributed by atoms with Crippen LogP contribution in [0.5, 0.6) is 0 Å². The first-order chi connectivity index (χ1) is 5.83. The van der Waals surface area contributed by atoms with Crippen molar-refractivity contribution in [2.45, 2.75) is 6.42 Å². The van der Waals surface area contributed by atoms with Gasteiger partial charge in [-0.15, -0.1) is 11.6 Å². The summed E-state index contributed by atoms with van der Waals surface area (Å²) < 4.78 is 0. The number of aromatic amines is 1. The molecule has 0 aliphatic rings. The number of aromatic nitrogens is 1. The van der Waals surface area contributed by atoms with Gasteiger partial charge in [0.25, 0.3) is 0 Å². The molecule has 0 spiro atoms. The quantitative estimate of drug-likeness (QED) is 0.694. The van der Waals surface area contributed by atoms with Gasteiger partial charge in [-0.25, -0.2) is 0 Å². The molecule has 2 nitrogen and oxygen atoms in total. The molecule has 0 aliphatic heterocycles. The summed E-state index contributed by atoms with van der Waals surface area (Å²) in [5, 5.41) is 0. The Morgan fingerprint density at radius 1 is 1.50 bits per heavy atom. The highest BCUT2D eigenvalue weighted by Gasteiger charge is 1.97. The van der Waals surface area contributed by atoms with Gasteiger partial charge < -0.3 is 9.88 Å². The number of hydrogen-bond acceptors (Lipinski definition) is 1. The first kappa shape index (κ1) is 9.62. The maximum atomic E-state index is 5.61. The molecule has 0 saturated carbocycles. The monoisotopic (exact) mass is 186 g/mol. The summed E-state index contributed by atoms with van der Waals surface area (Å²) in [4.78, 5) is 5.28. The summed E-state index contributed by atoms with van der Waals surface area (Å²) >= 11 is 5.61. The largest absolute Gasteiger partial charge is 0.367 e. The van der Waals surface area contributed by atoms with Crippen LogP contribution in [0.15, 0.2) is 18.5 Å². The van der Waals surface area contributed by atoms with Crippen LogP contribution in [0.3, 0.4) is 0 Å². The van der Waals surface area contributed by atoms with E-state index in [1.165, 1.54) is 5.56 Å². The molecule has 0 amide bonds. The molecule has 0 fully saturated rings. The fourth-order valence-corrected chi connectivity index (χ4v) is 1.38. The Labute approximate surface area is 78.5 Å². The lowest BCUT2D eigenvalue weighted by atomic mass is 10.2. The summed E-state index contributed by atoms with van der Waals surface area (Å²) in [5.41, 5.74) is 1.36. The smallest absolute Gasteiger partial charge is 0.0351 e. The molecule has 3 heteroatoms. The summed E-state index contributed by atoms with van der Waals surface area (Å²) in [5.74, 6) is 0.712. The molecule has 0 atom stereocenters. The van der Waals surface area contributed by atoms with Gasteiger partial charge in [0.2, 0.25) is 0 Å². The molecule has 0 aromatic carbocycles. The van der Waals surface area contributed by atoms with E-state index >= 15 is 0 Å². The van der Waals surface area contributed by atoms with E-state index in [4.69, 9.17) is 11.6 Å². The molecular formula is C9H15ClN2.